The minimum Gasteiger partial charge on any atom is -0.322 e. The Morgan fingerprint density at radius 1 is 1.13 bits per heavy atom. The van der Waals surface area contributed by atoms with Gasteiger partial charge in [-0.15, -0.1) is 0 Å². The molecule has 4 nitrogen and oxygen atoms in total. The van der Waals surface area contributed by atoms with Crippen molar-refractivity contribution in [1.29, 1.82) is 0 Å². The Labute approximate surface area is 138 Å². The van der Waals surface area contributed by atoms with Crippen molar-refractivity contribution in [1.82, 2.24) is 4.57 Å². The van der Waals surface area contributed by atoms with Crippen molar-refractivity contribution in [3.05, 3.63) is 64.8 Å². The zero-order chi connectivity index (χ0) is 16.6. The number of halogens is 1. The van der Waals surface area contributed by atoms with Gasteiger partial charge >= 0.3 is 0 Å². The van der Waals surface area contributed by atoms with Crippen LogP contribution in [0.3, 0.4) is 0 Å². The molecule has 1 amide bonds. The number of aryl methyl sites for hydroxylation is 1. The van der Waals surface area contributed by atoms with Gasteiger partial charge in [0.1, 0.15) is 0 Å². The van der Waals surface area contributed by atoms with E-state index in [4.69, 9.17) is 11.6 Å². The van der Waals surface area contributed by atoms with Crippen LogP contribution in [-0.4, -0.2) is 16.4 Å². The molecule has 1 heterocycles. The Morgan fingerprint density at radius 3 is 2.61 bits per heavy atom. The Morgan fingerprint density at radius 2 is 1.87 bits per heavy atom. The molecule has 3 aromatic rings. The third-order valence-electron chi connectivity index (χ3n) is 3.74. The first kappa shape index (κ1) is 15.3. The number of nitrogens with zero attached hydrogens (tertiary/aromatic N) is 1. The molecule has 0 spiro atoms. The molecule has 0 atom stereocenters. The molecule has 0 saturated carbocycles. The average molecular weight is 327 g/mol. The van der Waals surface area contributed by atoms with Crippen molar-refractivity contribution < 1.29 is 9.59 Å². The zero-order valence-corrected chi connectivity index (χ0v) is 13.5. The van der Waals surface area contributed by atoms with E-state index < -0.39 is 0 Å². The Balaban J connectivity index is 2.05. The number of nitrogens with one attached hydrogen (secondary N) is 1. The topological polar surface area (TPSA) is 51.1 Å². The fourth-order valence-corrected chi connectivity index (χ4v) is 2.71. The number of carbonyl (C=O) groups is 2. The van der Waals surface area contributed by atoms with Gasteiger partial charge < -0.3 is 5.32 Å². The second-order valence-electron chi connectivity index (χ2n) is 5.36. The normalized spacial score (nSPS) is 10.7. The summed E-state index contributed by atoms with van der Waals surface area (Å²) in [5.74, 6) is -0.411. The number of fused-ring (bicyclic) bond motifs is 1. The highest BCUT2D eigenvalue weighted by Gasteiger charge is 2.17. The maximum Gasteiger partial charge on any atom is 0.257 e. The predicted octanol–water partition coefficient (Wildman–Crippen LogP) is 4.52. The third kappa shape index (κ3) is 2.85. The zero-order valence-electron chi connectivity index (χ0n) is 12.8. The van der Waals surface area contributed by atoms with Crippen LogP contribution in [0, 0.1) is 6.92 Å². The number of carbonyl (C=O) groups excluding carboxylic acids is 2. The van der Waals surface area contributed by atoms with Crippen molar-refractivity contribution >= 4 is 40.0 Å². The number of aromatic nitrogens is 1. The molecule has 0 bridgehead atoms. The van der Waals surface area contributed by atoms with Crippen molar-refractivity contribution in [3.63, 3.8) is 0 Å². The van der Waals surface area contributed by atoms with E-state index >= 15 is 0 Å². The Bertz CT molecular complexity index is 928. The molecule has 0 aliphatic rings. The van der Waals surface area contributed by atoms with Gasteiger partial charge in [0.25, 0.3) is 5.91 Å². The van der Waals surface area contributed by atoms with Gasteiger partial charge in [-0.25, -0.2) is 0 Å². The van der Waals surface area contributed by atoms with Crippen LogP contribution in [-0.2, 0) is 0 Å². The third-order valence-corrected chi connectivity index (χ3v) is 3.98. The lowest BCUT2D eigenvalue weighted by Crippen LogP contribution is -2.12. The molecule has 2 aromatic carbocycles. The van der Waals surface area contributed by atoms with E-state index in [1.807, 2.05) is 37.3 Å². The van der Waals surface area contributed by atoms with Crippen molar-refractivity contribution in [2.24, 2.45) is 0 Å². The fourth-order valence-electron chi connectivity index (χ4n) is 2.54. The first-order valence-electron chi connectivity index (χ1n) is 7.16. The minimum absolute atomic E-state index is 0.140. The van der Waals surface area contributed by atoms with E-state index in [0.717, 1.165) is 10.9 Å². The van der Waals surface area contributed by atoms with E-state index in [-0.39, 0.29) is 11.8 Å². The number of hydrogen-bond donors (Lipinski definition) is 1. The molecule has 0 fully saturated rings. The van der Waals surface area contributed by atoms with Gasteiger partial charge in [-0.2, -0.15) is 0 Å². The highest BCUT2D eigenvalue weighted by Crippen LogP contribution is 2.24. The highest BCUT2D eigenvalue weighted by molar-refractivity contribution is 6.31. The Kier molecular flexibility index (Phi) is 3.92. The van der Waals surface area contributed by atoms with Crippen molar-refractivity contribution in [2.75, 3.05) is 5.32 Å². The van der Waals surface area contributed by atoms with Crippen LogP contribution in [0.1, 0.15) is 27.6 Å². The number of hydrogen-bond acceptors (Lipinski definition) is 2. The molecule has 3 rings (SSSR count). The second-order valence-corrected chi connectivity index (χ2v) is 5.80. The van der Waals surface area contributed by atoms with Crippen LogP contribution < -0.4 is 5.32 Å². The minimum atomic E-state index is -0.272. The molecule has 0 radical (unpaired) electrons. The summed E-state index contributed by atoms with van der Waals surface area (Å²) in [5.41, 5.74) is 2.74. The first-order valence-corrected chi connectivity index (χ1v) is 7.53. The summed E-state index contributed by atoms with van der Waals surface area (Å²) in [4.78, 5) is 24.4. The van der Waals surface area contributed by atoms with Gasteiger partial charge in [-0.05, 0) is 30.7 Å². The molecule has 1 N–H and O–H groups in total. The SMILES string of the molecule is CC(=O)n1cc(C(=O)Nc2cc(Cl)ccc2C)c2ccccc21. The van der Waals surface area contributed by atoms with Crippen LogP contribution in [0.15, 0.2) is 48.7 Å². The molecule has 1 aromatic heterocycles. The van der Waals surface area contributed by atoms with Crippen LogP contribution in [0.4, 0.5) is 5.69 Å². The smallest absolute Gasteiger partial charge is 0.257 e. The van der Waals surface area contributed by atoms with Gasteiger partial charge in [0.15, 0.2) is 0 Å². The van der Waals surface area contributed by atoms with Crippen LogP contribution in [0.5, 0.6) is 0 Å². The van der Waals surface area contributed by atoms with Crippen molar-refractivity contribution in [2.45, 2.75) is 13.8 Å². The van der Waals surface area contributed by atoms with Gasteiger partial charge in [0, 0.05) is 29.2 Å². The molecule has 5 heteroatoms. The molecule has 116 valence electrons. The Hall–Kier alpha value is -2.59. The molecule has 0 saturated heterocycles. The number of rotatable bonds is 2. The molecular formula is C18H15ClN2O2. The van der Waals surface area contributed by atoms with Crippen LogP contribution in [0.25, 0.3) is 10.9 Å². The lowest BCUT2D eigenvalue weighted by Gasteiger charge is -2.08. The molecule has 0 aliphatic heterocycles. The fraction of sp³-hybridized carbons (Fsp3) is 0.111. The van der Waals surface area contributed by atoms with E-state index in [1.165, 1.54) is 11.5 Å². The first-order chi connectivity index (χ1) is 11.0. The maximum absolute atomic E-state index is 12.6. The second kappa shape index (κ2) is 5.89. The summed E-state index contributed by atoms with van der Waals surface area (Å²) >= 11 is 5.99. The predicted molar refractivity (Wildman–Crippen MR) is 92.4 cm³/mol. The summed E-state index contributed by atoms with van der Waals surface area (Å²) in [6.45, 7) is 3.36. The molecule has 0 unspecified atom stereocenters. The number of amides is 1. The van der Waals surface area contributed by atoms with E-state index in [0.29, 0.717) is 21.8 Å². The summed E-state index contributed by atoms with van der Waals surface area (Å²) in [6, 6.07) is 12.6. The standard InChI is InChI=1S/C18H15ClN2O2/c1-11-7-8-13(19)9-16(11)20-18(23)15-10-21(12(2)22)17-6-4-3-5-14(15)17/h3-10H,1-2H3,(H,20,23). The van der Waals surface area contributed by atoms with Gasteiger partial charge in [-0.3, -0.25) is 14.2 Å². The van der Waals surface area contributed by atoms with Crippen LogP contribution >= 0.6 is 11.6 Å². The molecule has 23 heavy (non-hydrogen) atoms. The number of anilines is 1. The lowest BCUT2D eigenvalue weighted by molar-refractivity contribution is 0.0941. The lowest BCUT2D eigenvalue weighted by atomic mass is 10.1. The summed E-state index contributed by atoms with van der Waals surface area (Å²) in [7, 11) is 0. The van der Waals surface area contributed by atoms with E-state index in [1.54, 1.807) is 18.3 Å². The van der Waals surface area contributed by atoms with E-state index in [2.05, 4.69) is 5.32 Å². The van der Waals surface area contributed by atoms with E-state index in [9.17, 15) is 9.59 Å². The largest absolute Gasteiger partial charge is 0.322 e. The average Bonchev–Trinajstić information content (AvgIpc) is 2.91. The molecular weight excluding hydrogens is 312 g/mol. The van der Waals surface area contributed by atoms with Crippen LogP contribution in [0.2, 0.25) is 5.02 Å². The maximum atomic E-state index is 12.6. The van der Waals surface area contributed by atoms with Gasteiger partial charge in [-0.1, -0.05) is 35.9 Å². The summed E-state index contributed by atoms with van der Waals surface area (Å²) < 4.78 is 1.48. The summed E-state index contributed by atoms with van der Waals surface area (Å²) in [5, 5.41) is 4.15. The summed E-state index contributed by atoms with van der Waals surface area (Å²) in [6.07, 6.45) is 1.57. The highest BCUT2D eigenvalue weighted by atomic mass is 35.5. The van der Waals surface area contributed by atoms with Gasteiger partial charge in [0.05, 0.1) is 11.1 Å². The van der Waals surface area contributed by atoms with Gasteiger partial charge in [0.2, 0.25) is 5.91 Å². The quantitative estimate of drug-likeness (QED) is 0.753. The number of para-hydroxylation sites is 1. The monoisotopic (exact) mass is 326 g/mol. The van der Waals surface area contributed by atoms with Crippen molar-refractivity contribution in [3.8, 4) is 0 Å². The molecule has 0 aliphatic carbocycles. The number of benzene rings is 2.